The lowest BCUT2D eigenvalue weighted by Gasteiger charge is -2.08. The minimum atomic E-state index is -0.0314. The van der Waals surface area contributed by atoms with Crippen LogP contribution in [0.5, 0.6) is 5.75 Å². The van der Waals surface area contributed by atoms with Gasteiger partial charge in [-0.05, 0) is 40.2 Å². The van der Waals surface area contributed by atoms with Gasteiger partial charge >= 0.3 is 0 Å². The molecule has 0 aliphatic heterocycles. The van der Waals surface area contributed by atoms with Crippen molar-refractivity contribution >= 4 is 31.9 Å². The molecule has 0 amide bonds. The van der Waals surface area contributed by atoms with Crippen LogP contribution < -0.4 is 10.3 Å². The summed E-state index contributed by atoms with van der Waals surface area (Å²) < 4.78 is 9.04. The number of rotatable bonds is 4. The Morgan fingerprint density at radius 2 is 1.94 bits per heavy atom. The number of pyridine rings is 1. The normalized spacial score (nSPS) is 10.3. The van der Waals surface area contributed by atoms with Gasteiger partial charge in [-0.15, -0.1) is 0 Å². The Bertz CT molecular complexity index is 596. The molecule has 0 aliphatic carbocycles. The van der Waals surface area contributed by atoms with E-state index in [0.29, 0.717) is 13.2 Å². The number of aromatic nitrogens is 1. The molecule has 3 nitrogen and oxygen atoms in total. The number of halogens is 2. The highest BCUT2D eigenvalue weighted by Gasteiger charge is 1.98. The van der Waals surface area contributed by atoms with Crippen LogP contribution in [-0.4, -0.2) is 11.2 Å². The molecular formula is C13H11Br2NO2. The van der Waals surface area contributed by atoms with Gasteiger partial charge in [0.2, 0.25) is 0 Å². The molecular weight excluding hydrogens is 362 g/mol. The molecule has 5 heteroatoms. The molecule has 94 valence electrons. The van der Waals surface area contributed by atoms with Crippen molar-refractivity contribution in [1.82, 2.24) is 4.57 Å². The Balaban J connectivity index is 1.96. The van der Waals surface area contributed by atoms with E-state index in [9.17, 15) is 4.79 Å². The molecule has 0 aliphatic rings. The number of hydrogen-bond acceptors (Lipinski definition) is 2. The van der Waals surface area contributed by atoms with Crippen LogP contribution in [0.15, 0.2) is 56.3 Å². The molecule has 1 aromatic carbocycles. The van der Waals surface area contributed by atoms with Gasteiger partial charge in [-0.1, -0.05) is 22.0 Å². The third-order valence-corrected chi connectivity index (χ3v) is 3.31. The molecule has 2 aromatic rings. The van der Waals surface area contributed by atoms with E-state index in [2.05, 4.69) is 31.9 Å². The molecule has 0 radical (unpaired) electrons. The minimum Gasteiger partial charge on any atom is -0.492 e. The molecule has 0 bridgehead atoms. The molecule has 0 fully saturated rings. The van der Waals surface area contributed by atoms with Crippen molar-refractivity contribution in [3.8, 4) is 5.75 Å². The van der Waals surface area contributed by atoms with Gasteiger partial charge in [0.15, 0.2) is 0 Å². The average molecular weight is 373 g/mol. The number of benzene rings is 1. The third kappa shape index (κ3) is 3.71. The van der Waals surface area contributed by atoms with E-state index in [0.717, 1.165) is 14.7 Å². The van der Waals surface area contributed by atoms with E-state index < -0.39 is 0 Å². The maximum Gasteiger partial charge on any atom is 0.250 e. The molecule has 1 heterocycles. The van der Waals surface area contributed by atoms with E-state index in [1.54, 1.807) is 16.8 Å². The fourth-order valence-corrected chi connectivity index (χ4v) is 2.25. The van der Waals surface area contributed by atoms with Crippen molar-refractivity contribution in [3.05, 3.63) is 61.9 Å². The van der Waals surface area contributed by atoms with Crippen LogP contribution >= 0.6 is 31.9 Å². The average Bonchev–Trinajstić information content (AvgIpc) is 2.34. The summed E-state index contributed by atoms with van der Waals surface area (Å²) in [6.45, 7) is 0.970. The third-order valence-electron chi connectivity index (χ3n) is 2.34. The predicted molar refractivity (Wildman–Crippen MR) is 78.0 cm³/mol. The highest BCUT2D eigenvalue weighted by Crippen LogP contribution is 2.17. The summed E-state index contributed by atoms with van der Waals surface area (Å²) in [7, 11) is 0. The van der Waals surface area contributed by atoms with Gasteiger partial charge in [0.25, 0.3) is 5.56 Å². The van der Waals surface area contributed by atoms with Gasteiger partial charge in [0.1, 0.15) is 12.4 Å². The summed E-state index contributed by atoms with van der Waals surface area (Å²) in [6, 6.07) is 10.9. The lowest BCUT2D eigenvalue weighted by molar-refractivity contribution is 0.296. The number of nitrogens with zero attached hydrogens (tertiary/aromatic N) is 1. The number of hydrogen-bond donors (Lipinski definition) is 0. The van der Waals surface area contributed by atoms with Crippen molar-refractivity contribution in [2.75, 3.05) is 6.61 Å². The van der Waals surface area contributed by atoms with Gasteiger partial charge in [0, 0.05) is 21.2 Å². The van der Waals surface area contributed by atoms with Crippen LogP contribution in [0.3, 0.4) is 0 Å². The van der Waals surface area contributed by atoms with Crippen LogP contribution in [0.2, 0.25) is 0 Å². The summed E-state index contributed by atoms with van der Waals surface area (Å²) in [5.41, 5.74) is -0.0314. The Hall–Kier alpha value is -1.07. The van der Waals surface area contributed by atoms with Crippen LogP contribution in [0.1, 0.15) is 0 Å². The Morgan fingerprint density at radius 3 is 2.72 bits per heavy atom. The smallest absolute Gasteiger partial charge is 0.250 e. The zero-order valence-corrected chi connectivity index (χ0v) is 12.6. The van der Waals surface area contributed by atoms with Crippen LogP contribution in [0, 0.1) is 0 Å². The molecule has 2 rings (SSSR count). The lowest BCUT2D eigenvalue weighted by Crippen LogP contribution is -2.21. The van der Waals surface area contributed by atoms with Crippen LogP contribution in [-0.2, 0) is 6.54 Å². The quantitative estimate of drug-likeness (QED) is 0.822. The monoisotopic (exact) mass is 371 g/mol. The summed E-state index contributed by atoms with van der Waals surface area (Å²) in [5.74, 6) is 0.785. The first-order chi connectivity index (χ1) is 8.65. The SMILES string of the molecule is O=c1ccc(Br)cn1CCOc1cccc(Br)c1. The van der Waals surface area contributed by atoms with Crippen LogP contribution in [0.25, 0.3) is 0 Å². The zero-order valence-electron chi connectivity index (χ0n) is 9.48. The van der Waals surface area contributed by atoms with Gasteiger partial charge in [-0.2, -0.15) is 0 Å². The second kappa shape index (κ2) is 6.20. The van der Waals surface area contributed by atoms with Crippen LogP contribution in [0.4, 0.5) is 0 Å². The lowest BCUT2D eigenvalue weighted by atomic mass is 10.3. The van der Waals surface area contributed by atoms with Gasteiger partial charge in [-0.25, -0.2) is 0 Å². The highest BCUT2D eigenvalue weighted by molar-refractivity contribution is 9.10. The second-order valence-corrected chi connectivity index (χ2v) is 5.52. The summed E-state index contributed by atoms with van der Waals surface area (Å²) in [6.07, 6.45) is 1.76. The predicted octanol–water partition coefficient (Wildman–Crippen LogP) is 3.45. The van der Waals surface area contributed by atoms with Crippen molar-refractivity contribution in [2.24, 2.45) is 0 Å². The fraction of sp³-hybridized carbons (Fsp3) is 0.154. The maximum atomic E-state index is 11.5. The number of ether oxygens (including phenoxy) is 1. The first-order valence-electron chi connectivity index (χ1n) is 5.39. The van der Waals surface area contributed by atoms with E-state index in [1.807, 2.05) is 24.3 Å². The minimum absolute atomic E-state index is 0.0314. The Kier molecular flexibility index (Phi) is 4.60. The fourth-order valence-electron chi connectivity index (χ4n) is 1.50. The highest BCUT2D eigenvalue weighted by atomic mass is 79.9. The standard InChI is InChI=1S/C13H11Br2NO2/c14-10-2-1-3-12(8-10)18-7-6-16-9-11(15)4-5-13(16)17/h1-5,8-9H,6-7H2. The van der Waals surface area contributed by atoms with Crippen molar-refractivity contribution < 1.29 is 4.74 Å². The molecule has 0 saturated heterocycles. The molecule has 0 spiro atoms. The molecule has 0 saturated carbocycles. The van der Waals surface area contributed by atoms with E-state index in [-0.39, 0.29) is 5.56 Å². The van der Waals surface area contributed by atoms with Crippen molar-refractivity contribution in [3.63, 3.8) is 0 Å². The molecule has 1 aromatic heterocycles. The topological polar surface area (TPSA) is 31.2 Å². The van der Waals surface area contributed by atoms with Crippen molar-refractivity contribution in [2.45, 2.75) is 6.54 Å². The van der Waals surface area contributed by atoms with Gasteiger partial charge in [-0.3, -0.25) is 4.79 Å². The molecule has 0 N–H and O–H groups in total. The van der Waals surface area contributed by atoms with E-state index in [4.69, 9.17) is 4.74 Å². The largest absolute Gasteiger partial charge is 0.492 e. The second-order valence-electron chi connectivity index (χ2n) is 3.68. The van der Waals surface area contributed by atoms with Gasteiger partial charge < -0.3 is 9.30 Å². The first-order valence-corrected chi connectivity index (χ1v) is 6.98. The maximum absolute atomic E-state index is 11.5. The van der Waals surface area contributed by atoms with Gasteiger partial charge in [0.05, 0.1) is 6.54 Å². The summed E-state index contributed by atoms with van der Waals surface area (Å²) in [4.78, 5) is 11.5. The Labute approximate surface area is 122 Å². The Morgan fingerprint density at radius 1 is 1.11 bits per heavy atom. The summed E-state index contributed by atoms with van der Waals surface area (Å²) >= 11 is 6.71. The van der Waals surface area contributed by atoms with E-state index in [1.165, 1.54) is 6.07 Å². The molecule has 18 heavy (non-hydrogen) atoms. The first kappa shape index (κ1) is 13.4. The summed E-state index contributed by atoms with van der Waals surface area (Å²) in [5, 5.41) is 0. The zero-order chi connectivity index (χ0) is 13.0. The van der Waals surface area contributed by atoms with Crippen molar-refractivity contribution in [1.29, 1.82) is 0 Å². The molecule has 0 unspecified atom stereocenters. The van der Waals surface area contributed by atoms with E-state index >= 15 is 0 Å². The molecule has 0 atom stereocenters.